The van der Waals surface area contributed by atoms with Crippen molar-refractivity contribution in [2.45, 2.75) is 45.1 Å². The molecule has 2 heterocycles. The molecule has 15 heteroatoms. The largest absolute Gasteiger partial charge is 0.477 e. The third kappa shape index (κ3) is 7.68. The van der Waals surface area contributed by atoms with Crippen LogP contribution in [0.1, 0.15) is 53.5 Å². The van der Waals surface area contributed by atoms with Crippen molar-refractivity contribution in [3.05, 3.63) is 111 Å². The monoisotopic (exact) mass is 702 g/mol. The Labute approximate surface area is 290 Å². The minimum atomic E-state index is -2.14. The second kappa shape index (κ2) is 14.9. The van der Waals surface area contributed by atoms with E-state index in [4.69, 9.17) is 19.7 Å². The number of nitrogens with zero attached hydrogens (tertiary/aromatic N) is 5. The van der Waals surface area contributed by atoms with Crippen molar-refractivity contribution in [1.29, 1.82) is 5.26 Å². The predicted octanol–water partition coefficient (Wildman–Crippen LogP) is 5.70. The molecule has 3 aromatic carbocycles. The molecule has 258 valence electrons. The van der Waals surface area contributed by atoms with Gasteiger partial charge in [0, 0.05) is 41.8 Å². The molecule has 1 unspecified atom stereocenters. The van der Waals surface area contributed by atoms with Gasteiger partial charge in [-0.05, 0) is 50.5 Å². The van der Waals surface area contributed by atoms with E-state index in [-0.39, 0.29) is 11.6 Å². The summed E-state index contributed by atoms with van der Waals surface area (Å²) in [6.45, 7) is 4.08. The first-order chi connectivity index (χ1) is 23.8. The number of nitriles is 1. The first-order valence-electron chi connectivity index (χ1n) is 15.3. The number of hydrogen-bond donors (Lipinski definition) is 3. The van der Waals surface area contributed by atoms with Gasteiger partial charge in [-0.15, -0.1) is 16.4 Å². The summed E-state index contributed by atoms with van der Waals surface area (Å²) in [5, 5.41) is 33.2. The Morgan fingerprint density at radius 2 is 1.88 bits per heavy atom. The summed E-state index contributed by atoms with van der Waals surface area (Å²) in [5.41, 5.74) is 0.0768. The first-order valence-corrected chi connectivity index (χ1v) is 16.2. The molecule has 50 heavy (non-hydrogen) atoms. The Hall–Kier alpha value is -5.56. The van der Waals surface area contributed by atoms with Crippen LogP contribution in [0.5, 0.6) is 6.01 Å². The Morgan fingerprint density at radius 1 is 1.16 bits per heavy atom. The number of anilines is 1. The number of aromatic amines is 1. The van der Waals surface area contributed by atoms with E-state index in [0.717, 1.165) is 23.8 Å². The Morgan fingerprint density at radius 3 is 2.56 bits per heavy atom. The van der Waals surface area contributed by atoms with Crippen molar-refractivity contribution in [2.75, 3.05) is 19.4 Å². The van der Waals surface area contributed by atoms with Crippen molar-refractivity contribution in [1.82, 2.24) is 20.1 Å². The maximum absolute atomic E-state index is 15.5. The van der Waals surface area contributed by atoms with Crippen molar-refractivity contribution in [2.24, 2.45) is 0 Å². The number of H-pyrrole nitrogens is 1. The molecule has 1 amide bonds. The average molecular weight is 703 g/mol. The Balaban J connectivity index is 1.47. The van der Waals surface area contributed by atoms with Gasteiger partial charge in [0.1, 0.15) is 23.8 Å². The molecule has 0 saturated heterocycles. The molecule has 5 aromatic rings. The number of hydrogen-bond acceptors (Lipinski definition) is 10. The normalized spacial score (nSPS) is 13.6. The fourth-order valence-electron chi connectivity index (χ4n) is 5.37. The summed E-state index contributed by atoms with van der Waals surface area (Å²) in [4.78, 5) is 31.4. The molecule has 0 bridgehead atoms. The van der Waals surface area contributed by atoms with Crippen LogP contribution in [-0.4, -0.2) is 51.3 Å². The number of para-hydroxylation sites is 1. The number of aryl methyl sites for hydroxylation is 1. The highest BCUT2D eigenvalue weighted by atomic mass is 32.1. The molecule has 0 aliphatic heterocycles. The van der Waals surface area contributed by atoms with Crippen LogP contribution in [0.15, 0.2) is 72.1 Å². The van der Waals surface area contributed by atoms with Crippen molar-refractivity contribution in [3.63, 3.8) is 0 Å². The minimum Gasteiger partial charge on any atom is -0.442 e. The Bertz CT molecular complexity index is 2060. The van der Waals surface area contributed by atoms with Crippen LogP contribution in [0, 0.1) is 29.9 Å². The number of halogens is 2. The molecular weight excluding hydrogens is 668 g/mol. The van der Waals surface area contributed by atoms with Crippen LogP contribution in [-0.2, 0) is 21.7 Å². The molecule has 0 radical (unpaired) electrons. The molecule has 0 spiro atoms. The third-order valence-electron chi connectivity index (χ3n) is 8.06. The number of aromatic nitrogens is 4. The molecule has 3 atom stereocenters. The number of benzene rings is 3. The van der Waals surface area contributed by atoms with Crippen LogP contribution < -0.4 is 14.6 Å². The summed E-state index contributed by atoms with van der Waals surface area (Å²) >= 11 is 1.22. The van der Waals surface area contributed by atoms with Gasteiger partial charge < -0.3 is 14.6 Å². The lowest BCUT2D eigenvalue weighted by atomic mass is 9.81. The van der Waals surface area contributed by atoms with Gasteiger partial charge in [-0.2, -0.15) is 9.83 Å². The van der Waals surface area contributed by atoms with E-state index < -0.39 is 48.0 Å². The van der Waals surface area contributed by atoms with Gasteiger partial charge in [-0.25, -0.2) is 18.6 Å². The number of carbonyl (C=O) groups excluding carboxylic acids is 2. The second-order valence-corrected chi connectivity index (χ2v) is 12.6. The fourth-order valence-corrected chi connectivity index (χ4v) is 6.34. The zero-order chi connectivity index (χ0) is 36.2. The van der Waals surface area contributed by atoms with Gasteiger partial charge in [0.05, 0.1) is 33.1 Å². The molecular formula is C35H34F2N7O5S+. The van der Waals surface area contributed by atoms with Gasteiger partial charge in [0.2, 0.25) is 5.82 Å². The molecule has 0 fully saturated rings. The maximum atomic E-state index is 15.5. The van der Waals surface area contributed by atoms with Gasteiger partial charge >= 0.3 is 18.1 Å². The Kier molecular flexibility index (Phi) is 10.7. The van der Waals surface area contributed by atoms with Crippen molar-refractivity contribution in [3.8, 4) is 23.3 Å². The number of aliphatic hydroxyl groups is 1. The molecule has 0 aliphatic carbocycles. The second-order valence-electron chi connectivity index (χ2n) is 11.7. The zero-order valence-corrected chi connectivity index (χ0v) is 28.6. The highest BCUT2D eigenvalue weighted by molar-refractivity contribution is 7.10. The number of nitrogens with one attached hydrogen (secondary N) is 2. The van der Waals surface area contributed by atoms with E-state index in [0.29, 0.717) is 33.3 Å². The lowest BCUT2D eigenvalue weighted by Crippen LogP contribution is -2.51. The molecule has 5 rings (SSSR count). The summed E-state index contributed by atoms with van der Waals surface area (Å²) in [6, 6.07) is 18.1. The number of esters is 1. The first kappa shape index (κ1) is 35.7. The number of amides is 1. The minimum absolute atomic E-state index is 0.276. The number of ether oxygens (including phenoxy) is 2. The van der Waals surface area contributed by atoms with E-state index in [1.54, 1.807) is 86.8 Å². The standard InChI is InChI=1S/C35H33F2N7O5S/c1-20(31-39-30(18-50-31)24-12-10-23(17-38)11-13-24)35(47,27-16-25(36)14-15-28(27)37)19-44-21(2)41-42-33(44)49-34(46)40-29-9-7-6-8-26(29)32(43(4)5)48-22(3)45/h6-16,18,20,32,47H,19H2,1-5H3,(H,40,46)/p+1/t20-,32?,35+/m0/s1. The van der Waals surface area contributed by atoms with Crippen LogP contribution in [0.3, 0.4) is 0 Å². The van der Waals surface area contributed by atoms with Gasteiger partial charge in [-0.3, -0.25) is 15.0 Å². The summed E-state index contributed by atoms with van der Waals surface area (Å²) in [7, 11) is 3.42. The molecule has 2 aromatic heterocycles. The zero-order valence-electron chi connectivity index (χ0n) is 27.8. The smallest absolute Gasteiger partial charge is 0.442 e. The summed E-state index contributed by atoms with van der Waals surface area (Å²) < 4.78 is 42.4. The highest BCUT2D eigenvalue weighted by Crippen LogP contribution is 2.41. The van der Waals surface area contributed by atoms with Crippen molar-refractivity contribution < 1.29 is 37.5 Å². The molecule has 0 aliphatic rings. The van der Waals surface area contributed by atoms with Gasteiger partial charge in [0.15, 0.2) is 6.23 Å². The van der Waals surface area contributed by atoms with Crippen LogP contribution in [0.4, 0.5) is 19.3 Å². The van der Waals surface area contributed by atoms with Gasteiger partial charge in [0.25, 0.3) is 0 Å². The van der Waals surface area contributed by atoms with Crippen LogP contribution in [0.25, 0.3) is 11.3 Å². The van der Waals surface area contributed by atoms with Crippen molar-refractivity contribution >= 4 is 29.1 Å². The topological polar surface area (TPSA) is 157 Å². The van der Waals surface area contributed by atoms with E-state index in [1.165, 1.54) is 22.8 Å². The SMILES string of the molecule is CC(=O)OC(c1ccccc1NC(=O)Oc1n[nH]c(C)[n+]1C[C@](O)(c1cc(F)ccc1F)[C@@H](C)c1nc(-c2ccc(C#N)cc2)cs1)N(C)C. The van der Waals surface area contributed by atoms with E-state index in [9.17, 15) is 19.1 Å². The van der Waals surface area contributed by atoms with Crippen LogP contribution >= 0.6 is 11.3 Å². The predicted molar refractivity (Wildman–Crippen MR) is 179 cm³/mol. The maximum Gasteiger partial charge on any atom is 0.477 e. The number of rotatable bonds is 11. The lowest BCUT2D eigenvalue weighted by molar-refractivity contribution is -0.721. The van der Waals surface area contributed by atoms with E-state index in [2.05, 4.69) is 21.6 Å². The fraction of sp³-hybridized carbons (Fsp3) is 0.257. The summed E-state index contributed by atoms with van der Waals surface area (Å²) in [5.74, 6) is -2.73. The molecule has 12 nitrogen and oxygen atoms in total. The summed E-state index contributed by atoms with van der Waals surface area (Å²) in [6.07, 6.45) is -1.78. The average Bonchev–Trinajstić information content (AvgIpc) is 3.71. The molecule has 3 N–H and O–H groups in total. The van der Waals surface area contributed by atoms with E-state index in [1.807, 2.05) is 0 Å². The highest BCUT2D eigenvalue weighted by Gasteiger charge is 2.44. The number of carbonyl (C=O) groups is 2. The quantitative estimate of drug-likeness (QED) is 0.0892. The van der Waals surface area contributed by atoms with E-state index >= 15 is 4.39 Å². The third-order valence-corrected chi connectivity index (χ3v) is 9.08. The number of thiazole rings is 1. The molecule has 0 saturated carbocycles. The van der Waals surface area contributed by atoms with Crippen LogP contribution in [0.2, 0.25) is 0 Å². The lowest BCUT2D eigenvalue weighted by Gasteiger charge is -2.33. The van der Waals surface area contributed by atoms with Gasteiger partial charge in [-0.1, -0.05) is 37.3 Å².